The molecule has 0 aliphatic heterocycles. The summed E-state index contributed by atoms with van der Waals surface area (Å²) in [5.41, 5.74) is 1.86. The number of rotatable bonds is 6. The molecule has 0 aromatic heterocycles. The first-order valence-corrected chi connectivity index (χ1v) is 7.15. The normalized spacial score (nSPS) is 13.9. The third-order valence-corrected chi connectivity index (χ3v) is 3.60. The largest absolute Gasteiger partial charge is 0.395 e. The van der Waals surface area contributed by atoms with Crippen LogP contribution in [0.3, 0.4) is 0 Å². The summed E-state index contributed by atoms with van der Waals surface area (Å²) in [7, 11) is 2.02. The molecule has 20 heavy (non-hydrogen) atoms. The number of nitrogens with one attached hydrogen (secondary N) is 1. The SMILES string of the molecule is CCN(C)c1cccc(NC(=O)N(CCO)C2CC2)c1. The van der Waals surface area contributed by atoms with E-state index in [1.54, 1.807) is 4.90 Å². The van der Waals surface area contributed by atoms with E-state index in [4.69, 9.17) is 5.11 Å². The molecule has 1 saturated carbocycles. The Balaban J connectivity index is 2.03. The quantitative estimate of drug-likeness (QED) is 0.837. The van der Waals surface area contributed by atoms with Gasteiger partial charge in [-0.1, -0.05) is 6.07 Å². The lowest BCUT2D eigenvalue weighted by Crippen LogP contribution is -2.38. The highest BCUT2D eigenvalue weighted by atomic mass is 16.3. The molecule has 110 valence electrons. The summed E-state index contributed by atoms with van der Waals surface area (Å²) < 4.78 is 0. The monoisotopic (exact) mass is 277 g/mol. The summed E-state index contributed by atoms with van der Waals surface area (Å²) in [4.78, 5) is 16.1. The fourth-order valence-electron chi connectivity index (χ4n) is 2.14. The number of hydrogen-bond acceptors (Lipinski definition) is 3. The van der Waals surface area contributed by atoms with Crippen molar-refractivity contribution in [3.05, 3.63) is 24.3 Å². The lowest BCUT2D eigenvalue weighted by molar-refractivity contribution is 0.185. The van der Waals surface area contributed by atoms with E-state index in [0.717, 1.165) is 30.8 Å². The standard InChI is InChI=1S/C15H23N3O2/c1-3-17(2)14-6-4-5-12(11-14)16-15(20)18(9-10-19)13-7-8-13/h4-6,11,13,19H,3,7-10H2,1-2H3,(H,16,20). The van der Waals surface area contributed by atoms with Gasteiger partial charge < -0.3 is 20.2 Å². The van der Waals surface area contributed by atoms with Crippen molar-refractivity contribution in [2.24, 2.45) is 0 Å². The molecule has 0 atom stereocenters. The zero-order valence-corrected chi connectivity index (χ0v) is 12.2. The van der Waals surface area contributed by atoms with Crippen LogP contribution in [0.4, 0.5) is 16.2 Å². The number of aliphatic hydroxyl groups is 1. The molecule has 2 rings (SSSR count). The van der Waals surface area contributed by atoms with Crippen molar-refractivity contribution < 1.29 is 9.90 Å². The van der Waals surface area contributed by atoms with E-state index in [-0.39, 0.29) is 12.6 Å². The zero-order chi connectivity index (χ0) is 14.5. The Hall–Kier alpha value is -1.75. The van der Waals surface area contributed by atoms with Crippen LogP contribution < -0.4 is 10.2 Å². The first-order chi connectivity index (χ1) is 9.65. The Morgan fingerprint density at radius 2 is 2.20 bits per heavy atom. The second-order valence-corrected chi connectivity index (χ2v) is 5.14. The minimum Gasteiger partial charge on any atom is -0.395 e. The zero-order valence-electron chi connectivity index (χ0n) is 12.2. The van der Waals surface area contributed by atoms with Crippen molar-refractivity contribution >= 4 is 17.4 Å². The number of benzene rings is 1. The Morgan fingerprint density at radius 3 is 2.80 bits per heavy atom. The summed E-state index contributed by atoms with van der Waals surface area (Å²) in [6.07, 6.45) is 2.07. The van der Waals surface area contributed by atoms with Crippen molar-refractivity contribution in [3.63, 3.8) is 0 Å². The summed E-state index contributed by atoms with van der Waals surface area (Å²) in [6, 6.07) is 7.97. The maximum absolute atomic E-state index is 12.2. The van der Waals surface area contributed by atoms with Crippen molar-refractivity contribution in [2.75, 3.05) is 37.0 Å². The van der Waals surface area contributed by atoms with Crippen molar-refractivity contribution in [2.45, 2.75) is 25.8 Å². The average molecular weight is 277 g/mol. The number of hydrogen-bond donors (Lipinski definition) is 2. The van der Waals surface area contributed by atoms with Crippen molar-refractivity contribution in [3.8, 4) is 0 Å². The number of amides is 2. The van der Waals surface area contributed by atoms with Crippen LogP contribution in [0, 0.1) is 0 Å². The smallest absolute Gasteiger partial charge is 0.322 e. The van der Waals surface area contributed by atoms with E-state index >= 15 is 0 Å². The maximum atomic E-state index is 12.2. The van der Waals surface area contributed by atoms with Gasteiger partial charge in [0.05, 0.1) is 6.61 Å². The van der Waals surface area contributed by atoms with Crippen molar-refractivity contribution in [1.82, 2.24) is 4.90 Å². The summed E-state index contributed by atoms with van der Waals surface area (Å²) >= 11 is 0. The fourth-order valence-corrected chi connectivity index (χ4v) is 2.14. The first-order valence-electron chi connectivity index (χ1n) is 7.15. The average Bonchev–Trinajstić information content (AvgIpc) is 3.28. The van der Waals surface area contributed by atoms with E-state index in [2.05, 4.69) is 17.1 Å². The molecule has 5 heteroatoms. The number of nitrogens with zero attached hydrogens (tertiary/aromatic N) is 2. The van der Waals surface area contributed by atoms with Gasteiger partial charge in [0, 0.05) is 37.6 Å². The van der Waals surface area contributed by atoms with Crippen LogP contribution in [-0.2, 0) is 0 Å². The summed E-state index contributed by atoms with van der Waals surface area (Å²) in [5.74, 6) is 0. The summed E-state index contributed by atoms with van der Waals surface area (Å²) in [6.45, 7) is 3.39. The molecule has 0 spiro atoms. The molecule has 2 amide bonds. The molecule has 0 unspecified atom stereocenters. The molecule has 2 N–H and O–H groups in total. The first kappa shape index (κ1) is 14.7. The Kier molecular flexibility index (Phi) is 4.84. The van der Waals surface area contributed by atoms with Gasteiger partial charge in [-0.05, 0) is 38.0 Å². The predicted molar refractivity (Wildman–Crippen MR) is 81.2 cm³/mol. The topological polar surface area (TPSA) is 55.8 Å². The van der Waals surface area contributed by atoms with Gasteiger partial charge in [-0.15, -0.1) is 0 Å². The van der Waals surface area contributed by atoms with Crippen molar-refractivity contribution in [1.29, 1.82) is 0 Å². The molecule has 0 bridgehead atoms. The Labute approximate surface area is 120 Å². The predicted octanol–water partition coefficient (Wildman–Crippen LogP) is 2.13. The molecule has 5 nitrogen and oxygen atoms in total. The number of urea groups is 1. The van der Waals surface area contributed by atoms with Gasteiger partial charge in [-0.3, -0.25) is 0 Å². The molecular formula is C15H23N3O2. The van der Waals surface area contributed by atoms with E-state index in [1.165, 1.54) is 0 Å². The molecule has 1 fully saturated rings. The van der Waals surface area contributed by atoms with Crippen LogP contribution >= 0.6 is 0 Å². The van der Waals surface area contributed by atoms with E-state index < -0.39 is 0 Å². The summed E-state index contributed by atoms with van der Waals surface area (Å²) in [5, 5.41) is 12.0. The van der Waals surface area contributed by atoms with E-state index in [1.807, 2.05) is 31.3 Å². The highest BCUT2D eigenvalue weighted by Gasteiger charge is 2.32. The molecule has 1 aromatic carbocycles. The lowest BCUT2D eigenvalue weighted by atomic mass is 10.2. The van der Waals surface area contributed by atoms with Gasteiger partial charge in [-0.25, -0.2) is 4.79 Å². The minimum absolute atomic E-state index is 0.00251. The fraction of sp³-hybridized carbons (Fsp3) is 0.533. The van der Waals surface area contributed by atoms with Gasteiger partial charge in [0.25, 0.3) is 0 Å². The molecule has 0 heterocycles. The van der Waals surface area contributed by atoms with Crippen LogP contribution in [0.1, 0.15) is 19.8 Å². The van der Waals surface area contributed by atoms with Gasteiger partial charge in [-0.2, -0.15) is 0 Å². The van der Waals surface area contributed by atoms with Crippen LogP contribution in [0.5, 0.6) is 0 Å². The Bertz CT molecular complexity index is 460. The second kappa shape index (κ2) is 6.61. The lowest BCUT2D eigenvalue weighted by Gasteiger charge is -2.22. The molecule has 0 saturated heterocycles. The third-order valence-electron chi connectivity index (χ3n) is 3.60. The highest BCUT2D eigenvalue weighted by molar-refractivity contribution is 5.90. The van der Waals surface area contributed by atoms with Crippen LogP contribution in [0.25, 0.3) is 0 Å². The van der Waals surface area contributed by atoms with Gasteiger partial charge >= 0.3 is 6.03 Å². The van der Waals surface area contributed by atoms with Gasteiger partial charge in [0.2, 0.25) is 0 Å². The molecule has 1 aliphatic rings. The molecule has 1 aromatic rings. The van der Waals surface area contributed by atoms with Gasteiger partial charge in [0.1, 0.15) is 0 Å². The maximum Gasteiger partial charge on any atom is 0.322 e. The number of aliphatic hydroxyl groups excluding tert-OH is 1. The Morgan fingerprint density at radius 1 is 1.45 bits per heavy atom. The third kappa shape index (κ3) is 3.63. The second-order valence-electron chi connectivity index (χ2n) is 5.14. The van der Waals surface area contributed by atoms with Gasteiger partial charge in [0.15, 0.2) is 0 Å². The highest BCUT2D eigenvalue weighted by Crippen LogP contribution is 2.27. The molecular weight excluding hydrogens is 254 g/mol. The minimum atomic E-state index is -0.127. The molecule has 0 radical (unpaired) electrons. The number of anilines is 2. The molecule has 1 aliphatic carbocycles. The van der Waals surface area contributed by atoms with E-state index in [9.17, 15) is 4.79 Å². The number of carbonyl (C=O) groups is 1. The number of carbonyl (C=O) groups excluding carboxylic acids is 1. The van der Waals surface area contributed by atoms with Crippen LogP contribution in [0.2, 0.25) is 0 Å². The van der Waals surface area contributed by atoms with E-state index in [0.29, 0.717) is 12.6 Å². The van der Waals surface area contributed by atoms with Crippen LogP contribution in [-0.4, -0.2) is 48.8 Å². The van der Waals surface area contributed by atoms with Crippen LogP contribution in [0.15, 0.2) is 24.3 Å².